The van der Waals surface area contributed by atoms with Gasteiger partial charge < -0.3 is 9.80 Å². The predicted octanol–water partition coefficient (Wildman–Crippen LogP) is 5.85. The maximum Gasteiger partial charge on any atom is 0.416 e. The first kappa shape index (κ1) is 25.4. The molecule has 0 amide bonds. The number of hydrogen-bond acceptors (Lipinski definition) is 7. The van der Waals surface area contributed by atoms with E-state index < -0.39 is 27.9 Å². The van der Waals surface area contributed by atoms with Crippen LogP contribution in [0.4, 0.5) is 24.0 Å². The number of hydrogen-bond donors (Lipinski definition) is 0. The molecule has 2 saturated heterocycles. The summed E-state index contributed by atoms with van der Waals surface area (Å²) in [4.78, 5) is 32.0. The largest absolute Gasteiger partial charge is 0.416 e. The quantitative estimate of drug-likeness (QED) is 0.369. The Hall–Kier alpha value is -2.27. The number of benzene rings is 1. The van der Waals surface area contributed by atoms with E-state index in [1.165, 1.54) is 38.6 Å². The fourth-order valence-corrected chi connectivity index (χ4v) is 7.31. The van der Waals surface area contributed by atoms with Gasteiger partial charge in [0.25, 0.3) is 11.2 Å². The number of alkyl halides is 3. The number of aromatic nitrogens is 1. The number of nitro benzene ring substituents is 1. The van der Waals surface area contributed by atoms with E-state index in [0.29, 0.717) is 30.4 Å². The van der Waals surface area contributed by atoms with Crippen LogP contribution >= 0.6 is 11.3 Å². The van der Waals surface area contributed by atoms with Crippen LogP contribution in [0.5, 0.6) is 0 Å². The number of non-ortho nitro benzene ring substituents is 1. The van der Waals surface area contributed by atoms with E-state index in [-0.39, 0.29) is 15.5 Å². The molecule has 196 valence electrons. The summed E-state index contributed by atoms with van der Waals surface area (Å²) >= 11 is 0.934. The monoisotopic (exact) mass is 524 g/mol. The molecule has 0 bridgehead atoms. The smallest absolute Gasteiger partial charge is 0.348 e. The Bertz CT molecular complexity index is 1180. The third-order valence-electron chi connectivity index (χ3n) is 8.47. The lowest BCUT2D eigenvalue weighted by Gasteiger charge is -2.47. The van der Waals surface area contributed by atoms with Crippen LogP contribution in [0.15, 0.2) is 16.9 Å². The van der Waals surface area contributed by atoms with Crippen molar-refractivity contribution in [2.24, 2.45) is 11.3 Å². The van der Waals surface area contributed by atoms with Gasteiger partial charge >= 0.3 is 6.18 Å². The van der Waals surface area contributed by atoms with Gasteiger partial charge in [-0.15, -0.1) is 0 Å². The van der Waals surface area contributed by atoms with E-state index in [0.717, 1.165) is 56.0 Å². The van der Waals surface area contributed by atoms with Crippen molar-refractivity contribution in [3.8, 4) is 0 Å². The van der Waals surface area contributed by atoms with Crippen molar-refractivity contribution >= 4 is 32.2 Å². The van der Waals surface area contributed by atoms with Gasteiger partial charge in [0.15, 0.2) is 5.13 Å². The molecule has 2 aliphatic heterocycles. The summed E-state index contributed by atoms with van der Waals surface area (Å²) in [5, 5.41) is 11.5. The Kier molecular flexibility index (Phi) is 6.97. The molecule has 2 aromatic rings. The first-order valence-corrected chi connectivity index (χ1v) is 13.6. The van der Waals surface area contributed by atoms with Crippen LogP contribution in [-0.2, 0) is 6.18 Å². The number of nitro groups is 1. The molecule has 0 N–H and O–H groups in total. The van der Waals surface area contributed by atoms with Crippen LogP contribution in [0.1, 0.15) is 63.4 Å². The van der Waals surface area contributed by atoms with E-state index in [4.69, 9.17) is 0 Å². The summed E-state index contributed by atoms with van der Waals surface area (Å²) in [6.07, 6.45) is 6.24. The van der Waals surface area contributed by atoms with Crippen LogP contribution in [0.2, 0.25) is 0 Å². The minimum absolute atomic E-state index is 0.0562. The molecule has 11 heteroatoms. The molecule has 36 heavy (non-hydrogen) atoms. The fourth-order valence-electron chi connectivity index (χ4n) is 6.19. The standard InChI is InChI=1S/C25H31F3N4O3S/c26-25(27,28)18-14-19-21(20(15-18)32(34)35)36-23(29-22(19)33)31-12-8-24(9-13-31)6-10-30(11-7-24)16-17-4-2-1-3-5-17/h14-15,17H,1-13,16H2. The number of rotatable bonds is 4. The van der Waals surface area contributed by atoms with Gasteiger partial charge in [-0.1, -0.05) is 30.6 Å². The molecule has 1 aromatic carbocycles. The maximum absolute atomic E-state index is 13.2. The van der Waals surface area contributed by atoms with Gasteiger partial charge in [0.2, 0.25) is 0 Å². The number of nitrogens with zero attached hydrogens (tertiary/aromatic N) is 4. The predicted molar refractivity (Wildman–Crippen MR) is 134 cm³/mol. The summed E-state index contributed by atoms with van der Waals surface area (Å²) in [5.74, 6) is 0.840. The normalized spacial score (nSPS) is 21.8. The van der Waals surface area contributed by atoms with Gasteiger partial charge in [0.1, 0.15) is 4.70 Å². The first-order valence-electron chi connectivity index (χ1n) is 12.8. The zero-order chi connectivity index (χ0) is 25.5. The molecule has 5 rings (SSSR count). The number of halogens is 3. The van der Waals surface area contributed by atoms with Crippen molar-refractivity contribution in [2.75, 3.05) is 37.6 Å². The SMILES string of the molecule is O=c1nc(N2CCC3(CCN(CC4CCCCC4)CC3)CC2)sc2c([N+](=O)[O-])cc(C(F)(F)F)cc12. The van der Waals surface area contributed by atoms with Crippen LogP contribution in [0, 0.1) is 21.4 Å². The lowest BCUT2D eigenvalue weighted by atomic mass is 9.71. The lowest BCUT2D eigenvalue weighted by Crippen LogP contribution is -2.48. The molecule has 0 radical (unpaired) electrons. The van der Waals surface area contributed by atoms with Gasteiger partial charge in [-0.05, 0) is 69.0 Å². The van der Waals surface area contributed by atoms with E-state index in [2.05, 4.69) is 9.88 Å². The molecule has 3 heterocycles. The molecule has 1 saturated carbocycles. The molecule has 1 aromatic heterocycles. The number of fused-ring (bicyclic) bond motifs is 1. The van der Waals surface area contributed by atoms with E-state index >= 15 is 0 Å². The third-order valence-corrected chi connectivity index (χ3v) is 9.63. The maximum atomic E-state index is 13.2. The van der Waals surface area contributed by atoms with Crippen LogP contribution in [0.3, 0.4) is 0 Å². The highest BCUT2D eigenvalue weighted by Gasteiger charge is 2.39. The van der Waals surface area contributed by atoms with Crippen LogP contribution in [0.25, 0.3) is 10.1 Å². The molecule has 3 aliphatic rings. The average molecular weight is 525 g/mol. The first-order chi connectivity index (χ1) is 17.1. The van der Waals surface area contributed by atoms with Crippen molar-refractivity contribution in [3.05, 3.63) is 38.2 Å². The van der Waals surface area contributed by atoms with Crippen molar-refractivity contribution < 1.29 is 18.1 Å². The van der Waals surface area contributed by atoms with Gasteiger partial charge in [0, 0.05) is 25.7 Å². The summed E-state index contributed by atoms with van der Waals surface area (Å²) < 4.78 is 39.6. The topological polar surface area (TPSA) is 79.6 Å². The lowest BCUT2D eigenvalue weighted by molar-refractivity contribution is -0.383. The van der Waals surface area contributed by atoms with Crippen molar-refractivity contribution in [1.29, 1.82) is 0 Å². The van der Waals surface area contributed by atoms with E-state index in [1.54, 1.807) is 0 Å². The molecule has 1 aliphatic carbocycles. The number of anilines is 1. The van der Waals surface area contributed by atoms with Gasteiger partial charge in [-0.3, -0.25) is 14.9 Å². The molecule has 0 atom stereocenters. The molecule has 1 spiro atoms. The fraction of sp³-hybridized carbons (Fsp3) is 0.680. The van der Waals surface area contributed by atoms with E-state index in [9.17, 15) is 28.1 Å². The van der Waals surface area contributed by atoms with Crippen molar-refractivity contribution in [2.45, 2.75) is 64.0 Å². The molecular formula is C25H31F3N4O3S. The molecule has 0 unspecified atom stereocenters. The second kappa shape index (κ2) is 9.89. The van der Waals surface area contributed by atoms with Gasteiger partial charge in [0.05, 0.1) is 15.9 Å². The van der Waals surface area contributed by atoms with Crippen molar-refractivity contribution in [3.63, 3.8) is 0 Å². The molecule has 7 nitrogen and oxygen atoms in total. The zero-order valence-electron chi connectivity index (χ0n) is 20.2. The van der Waals surface area contributed by atoms with Crippen molar-refractivity contribution in [1.82, 2.24) is 9.88 Å². The Balaban J connectivity index is 1.28. The second-order valence-corrected chi connectivity index (χ2v) is 11.7. The molecular weight excluding hydrogens is 493 g/mol. The highest BCUT2D eigenvalue weighted by molar-refractivity contribution is 7.22. The average Bonchev–Trinajstić information content (AvgIpc) is 2.85. The number of likely N-dealkylation sites (tertiary alicyclic amines) is 1. The summed E-state index contributed by atoms with van der Waals surface area (Å²) in [5.41, 5.74) is -2.50. The number of piperidine rings is 2. The summed E-state index contributed by atoms with van der Waals surface area (Å²) in [6, 6.07) is 1.18. The van der Waals surface area contributed by atoms with Crippen LogP contribution in [-0.4, -0.2) is 47.5 Å². The third kappa shape index (κ3) is 5.22. The minimum Gasteiger partial charge on any atom is -0.348 e. The van der Waals surface area contributed by atoms with Gasteiger partial charge in [-0.2, -0.15) is 18.2 Å². The Morgan fingerprint density at radius 1 is 1.06 bits per heavy atom. The van der Waals surface area contributed by atoms with Crippen LogP contribution < -0.4 is 10.5 Å². The molecule has 3 fully saturated rings. The highest BCUT2D eigenvalue weighted by atomic mass is 32.1. The van der Waals surface area contributed by atoms with E-state index in [1.807, 2.05) is 4.90 Å². The zero-order valence-corrected chi connectivity index (χ0v) is 21.0. The Morgan fingerprint density at radius 3 is 2.31 bits per heavy atom. The Morgan fingerprint density at radius 2 is 1.69 bits per heavy atom. The summed E-state index contributed by atoms with van der Waals surface area (Å²) in [7, 11) is 0. The Labute approximate surface area is 211 Å². The highest BCUT2D eigenvalue weighted by Crippen LogP contribution is 2.44. The second-order valence-electron chi connectivity index (χ2n) is 10.7. The summed E-state index contributed by atoms with van der Waals surface area (Å²) in [6.45, 7) is 4.82. The van der Waals surface area contributed by atoms with Gasteiger partial charge in [-0.25, -0.2) is 0 Å². The minimum atomic E-state index is -4.79.